The fourth-order valence-corrected chi connectivity index (χ4v) is 3.83. The molecule has 1 aromatic heterocycles. The Labute approximate surface area is 180 Å². The van der Waals surface area contributed by atoms with Crippen molar-refractivity contribution in [3.05, 3.63) is 53.6 Å². The third-order valence-electron chi connectivity index (χ3n) is 5.54. The van der Waals surface area contributed by atoms with Crippen LogP contribution in [0.25, 0.3) is 10.9 Å². The van der Waals surface area contributed by atoms with Crippen molar-refractivity contribution in [2.24, 2.45) is 0 Å². The molecular weight excluding hydrogens is 396 g/mol. The molecule has 0 aliphatic carbocycles. The van der Waals surface area contributed by atoms with E-state index in [1.807, 2.05) is 18.2 Å². The summed E-state index contributed by atoms with van der Waals surface area (Å²) in [5.74, 6) is 1.80. The van der Waals surface area contributed by atoms with E-state index in [1.54, 1.807) is 43.4 Å². The maximum atomic E-state index is 12.9. The standard InChI is InChI=1S/C23H24N4O4/c1-30-20-11-17-18(24)12-22(25-19(17)13-21(20)31-2)26-7-9-27(10-8-26)23(29)16-6-4-3-5-15(16)14-28/h3-6,11-14H,7-10H2,1-2H3,(H2,24,25). The predicted molar refractivity (Wildman–Crippen MR) is 119 cm³/mol. The SMILES string of the molecule is COc1cc2nc(N3CCN(C(=O)c4ccccc4C=O)CC3)cc(N)c2cc1OC. The zero-order valence-corrected chi connectivity index (χ0v) is 17.5. The minimum absolute atomic E-state index is 0.134. The monoisotopic (exact) mass is 420 g/mol. The Hall–Kier alpha value is -3.81. The fourth-order valence-electron chi connectivity index (χ4n) is 3.83. The van der Waals surface area contributed by atoms with Crippen LogP contribution in [-0.4, -0.2) is 62.5 Å². The van der Waals surface area contributed by atoms with Gasteiger partial charge in [-0.15, -0.1) is 0 Å². The van der Waals surface area contributed by atoms with Gasteiger partial charge in [0.05, 0.1) is 25.3 Å². The molecule has 0 atom stereocenters. The van der Waals surface area contributed by atoms with Crippen LogP contribution in [0.4, 0.5) is 11.5 Å². The van der Waals surface area contributed by atoms with E-state index in [-0.39, 0.29) is 5.91 Å². The van der Waals surface area contributed by atoms with Crippen molar-refractivity contribution in [2.75, 3.05) is 51.0 Å². The largest absolute Gasteiger partial charge is 0.493 e. The maximum absolute atomic E-state index is 12.9. The number of aromatic nitrogens is 1. The summed E-state index contributed by atoms with van der Waals surface area (Å²) in [6, 6.07) is 12.3. The first-order chi connectivity index (χ1) is 15.0. The van der Waals surface area contributed by atoms with Gasteiger partial charge in [-0.3, -0.25) is 9.59 Å². The lowest BCUT2D eigenvalue weighted by Crippen LogP contribution is -2.49. The average molecular weight is 420 g/mol. The van der Waals surface area contributed by atoms with E-state index in [9.17, 15) is 9.59 Å². The summed E-state index contributed by atoms with van der Waals surface area (Å²) >= 11 is 0. The highest BCUT2D eigenvalue weighted by molar-refractivity contribution is 6.01. The minimum atomic E-state index is -0.134. The number of nitrogen functional groups attached to an aromatic ring is 1. The molecule has 0 unspecified atom stereocenters. The number of amides is 1. The van der Waals surface area contributed by atoms with Crippen LogP contribution in [0, 0.1) is 0 Å². The number of carbonyl (C=O) groups is 2. The molecule has 4 rings (SSSR count). The lowest BCUT2D eigenvalue weighted by molar-refractivity contribution is 0.0743. The van der Waals surface area contributed by atoms with Crippen molar-refractivity contribution in [3.63, 3.8) is 0 Å². The fraction of sp³-hybridized carbons (Fsp3) is 0.261. The molecule has 0 saturated carbocycles. The number of benzene rings is 2. The summed E-state index contributed by atoms with van der Waals surface area (Å²) in [5, 5.41) is 0.792. The molecule has 160 valence electrons. The molecule has 1 fully saturated rings. The number of nitrogens with zero attached hydrogens (tertiary/aromatic N) is 3. The third kappa shape index (κ3) is 3.84. The second kappa shape index (κ2) is 8.51. The molecule has 0 radical (unpaired) electrons. The van der Waals surface area contributed by atoms with Gasteiger partial charge in [0.15, 0.2) is 17.8 Å². The van der Waals surface area contributed by atoms with Crippen LogP contribution in [0.15, 0.2) is 42.5 Å². The summed E-state index contributed by atoms with van der Waals surface area (Å²) in [6.07, 6.45) is 0.717. The third-order valence-corrected chi connectivity index (χ3v) is 5.54. The quantitative estimate of drug-likeness (QED) is 0.634. The van der Waals surface area contributed by atoms with Crippen LogP contribution < -0.4 is 20.1 Å². The van der Waals surface area contributed by atoms with Gasteiger partial charge in [0.1, 0.15) is 5.82 Å². The van der Waals surface area contributed by atoms with Crippen LogP contribution in [0.5, 0.6) is 11.5 Å². The van der Waals surface area contributed by atoms with E-state index >= 15 is 0 Å². The Morgan fingerprint density at radius 3 is 2.39 bits per heavy atom. The van der Waals surface area contributed by atoms with Crippen LogP contribution in [0.2, 0.25) is 0 Å². The van der Waals surface area contributed by atoms with Crippen LogP contribution >= 0.6 is 0 Å². The predicted octanol–water partition coefficient (Wildman–Crippen LogP) is 2.61. The lowest BCUT2D eigenvalue weighted by atomic mass is 10.1. The van der Waals surface area contributed by atoms with Gasteiger partial charge in [-0.2, -0.15) is 0 Å². The van der Waals surface area contributed by atoms with Crippen molar-refractivity contribution >= 4 is 34.6 Å². The molecule has 1 amide bonds. The summed E-state index contributed by atoms with van der Waals surface area (Å²) in [4.78, 5) is 32.8. The molecule has 2 aromatic carbocycles. The summed E-state index contributed by atoms with van der Waals surface area (Å²) in [6.45, 7) is 2.27. The summed E-state index contributed by atoms with van der Waals surface area (Å²) < 4.78 is 10.7. The summed E-state index contributed by atoms with van der Waals surface area (Å²) in [5.41, 5.74) is 8.45. The Kier molecular flexibility index (Phi) is 5.62. The molecule has 0 spiro atoms. The molecule has 3 aromatic rings. The molecule has 1 aliphatic heterocycles. The van der Waals surface area contributed by atoms with Gasteiger partial charge < -0.3 is 25.0 Å². The van der Waals surface area contributed by atoms with E-state index in [1.165, 1.54) is 0 Å². The number of aldehydes is 1. The van der Waals surface area contributed by atoms with E-state index in [0.717, 1.165) is 11.2 Å². The van der Waals surface area contributed by atoms with Gasteiger partial charge in [0.2, 0.25) is 0 Å². The van der Waals surface area contributed by atoms with E-state index in [2.05, 4.69) is 4.90 Å². The second-order valence-electron chi connectivity index (χ2n) is 7.28. The highest BCUT2D eigenvalue weighted by Gasteiger charge is 2.25. The number of methoxy groups -OCH3 is 2. The van der Waals surface area contributed by atoms with Crippen molar-refractivity contribution in [1.29, 1.82) is 0 Å². The molecule has 8 heteroatoms. The Morgan fingerprint density at radius 1 is 1.03 bits per heavy atom. The van der Waals surface area contributed by atoms with Gasteiger partial charge in [-0.1, -0.05) is 18.2 Å². The van der Waals surface area contributed by atoms with Gasteiger partial charge in [-0.05, 0) is 12.1 Å². The number of nitrogens with two attached hydrogens (primary N) is 1. The Morgan fingerprint density at radius 2 is 1.71 bits per heavy atom. The number of hydrogen-bond donors (Lipinski definition) is 1. The zero-order chi connectivity index (χ0) is 22.0. The summed E-state index contributed by atoms with van der Waals surface area (Å²) in [7, 11) is 3.16. The van der Waals surface area contributed by atoms with Gasteiger partial charge >= 0.3 is 0 Å². The number of fused-ring (bicyclic) bond motifs is 1. The first kappa shape index (κ1) is 20.5. The van der Waals surface area contributed by atoms with Crippen molar-refractivity contribution < 1.29 is 19.1 Å². The zero-order valence-electron chi connectivity index (χ0n) is 17.5. The van der Waals surface area contributed by atoms with E-state index in [4.69, 9.17) is 20.2 Å². The number of piperazine rings is 1. The van der Waals surface area contributed by atoms with Crippen LogP contribution in [-0.2, 0) is 0 Å². The topological polar surface area (TPSA) is 98.0 Å². The Balaban J connectivity index is 1.54. The number of ether oxygens (including phenoxy) is 2. The second-order valence-corrected chi connectivity index (χ2v) is 7.28. The number of pyridine rings is 1. The minimum Gasteiger partial charge on any atom is -0.493 e. The normalized spacial score (nSPS) is 13.9. The van der Waals surface area contributed by atoms with Crippen LogP contribution in [0.1, 0.15) is 20.7 Å². The lowest BCUT2D eigenvalue weighted by Gasteiger charge is -2.35. The Bertz CT molecular complexity index is 1140. The van der Waals surface area contributed by atoms with Crippen molar-refractivity contribution in [1.82, 2.24) is 9.88 Å². The molecule has 31 heavy (non-hydrogen) atoms. The first-order valence-electron chi connectivity index (χ1n) is 9.96. The molecule has 8 nitrogen and oxygen atoms in total. The molecule has 1 saturated heterocycles. The molecule has 2 heterocycles. The number of anilines is 2. The smallest absolute Gasteiger partial charge is 0.254 e. The van der Waals surface area contributed by atoms with E-state index < -0.39 is 0 Å². The highest BCUT2D eigenvalue weighted by atomic mass is 16.5. The molecule has 1 aliphatic rings. The molecule has 2 N–H and O–H groups in total. The molecule has 0 bridgehead atoms. The maximum Gasteiger partial charge on any atom is 0.254 e. The average Bonchev–Trinajstić information content (AvgIpc) is 2.82. The molecular formula is C23H24N4O4. The van der Waals surface area contributed by atoms with E-state index in [0.29, 0.717) is 66.3 Å². The van der Waals surface area contributed by atoms with Gasteiger partial charge in [0.25, 0.3) is 5.91 Å². The van der Waals surface area contributed by atoms with Gasteiger partial charge in [-0.25, -0.2) is 4.98 Å². The highest BCUT2D eigenvalue weighted by Crippen LogP contribution is 2.35. The number of rotatable bonds is 5. The number of hydrogen-bond acceptors (Lipinski definition) is 7. The van der Waals surface area contributed by atoms with Crippen molar-refractivity contribution in [3.8, 4) is 11.5 Å². The van der Waals surface area contributed by atoms with Crippen LogP contribution in [0.3, 0.4) is 0 Å². The number of carbonyl (C=O) groups excluding carboxylic acids is 2. The van der Waals surface area contributed by atoms with Gasteiger partial charge in [0, 0.05) is 54.9 Å². The first-order valence-corrected chi connectivity index (χ1v) is 9.96. The van der Waals surface area contributed by atoms with Crippen molar-refractivity contribution in [2.45, 2.75) is 0 Å².